The van der Waals surface area contributed by atoms with E-state index in [4.69, 9.17) is 11.6 Å². The van der Waals surface area contributed by atoms with Crippen LogP contribution in [0, 0.1) is 18.6 Å². The number of fused-ring (bicyclic) bond motifs is 1. The third-order valence-corrected chi connectivity index (χ3v) is 7.82. The van der Waals surface area contributed by atoms with Gasteiger partial charge in [0.2, 0.25) is 0 Å². The normalized spacial score (nSPS) is 16.3. The van der Waals surface area contributed by atoms with Crippen LogP contribution in [-0.4, -0.2) is 14.5 Å². The minimum absolute atomic E-state index is 0.151. The molecule has 1 aliphatic heterocycles. The lowest BCUT2D eigenvalue weighted by molar-refractivity contribution is 0.515. The number of aryl methyl sites for hydroxylation is 3. The van der Waals surface area contributed by atoms with Crippen molar-refractivity contribution in [3.63, 3.8) is 0 Å². The van der Waals surface area contributed by atoms with Gasteiger partial charge in [-0.1, -0.05) is 41.4 Å². The number of halogens is 3. The molecule has 0 bridgehead atoms. The SMILES string of the molecule is Cc1ccc(S(=O)(=O)N2c3cc(F)ccc3CC[C@H]2CCc2ccc(Cl)cc2F)cc1. The molecule has 0 saturated heterocycles. The van der Waals surface area contributed by atoms with Crippen LogP contribution in [-0.2, 0) is 22.9 Å². The molecule has 0 saturated carbocycles. The van der Waals surface area contributed by atoms with E-state index >= 15 is 0 Å². The van der Waals surface area contributed by atoms with Crippen LogP contribution in [0.3, 0.4) is 0 Å². The van der Waals surface area contributed by atoms with E-state index in [1.807, 2.05) is 6.92 Å². The second kappa shape index (κ2) is 8.60. The van der Waals surface area contributed by atoms with Gasteiger partial charge in [0.15, 0.2) is 0 Å². The van der Waals surface area contributed by atoms with Crippen molar-refractivity contribution in [2.75, 3.05) is 4.31 Å². The maximum absolute atomic E-state index is 14.3. The summed E-state index contributed by atoms with van der Waals surface area (Å²) in [6, 6.07) is 14.9. The summed E-state index contributed by atoms with van der Waals surface area (Å²) >= 11 is 5.84. The van der Waals surface area contributed by atoms with E-state index in [1.54, 1.807) is 42.5 Å². The van der Waals surface area contributed by atoms with Gasteiger partial charge in [-0.2, -0.15) is 0 Å². The van der Waals surface area contributed by atoms with Crippen molar-refractivity contribution in [1.82, 2.24) is 0 Å². The van der Waals surface area contributed by atoms with Crippen molar-refractivity contribution < 1.29 is 17.2 Å². The van der Waals surface area contributed by atoms with Crippen LogP contribution in [0.4, 0.5) is 14.5 Å². The average Bonchev–Trinajstić information content (AvgIpc) is 2.72. The van der Waals surface area contributed by atoms with Gasteiger partial charge < -0.3 is 0 Å². The van der Waals surface area contributed by atoms with E-state index in [-0.39, 0.29) is 4.90 Å². The Morgan fingerprint density at radius 3 is 2.48 bits per heavy atom. The van der Waals surface area contributed by atoms with E-state index < -0.39 is 27.7 Å². The van der Waals surface area contributed by atoms with E-state index in [2.05, 4.69) is 0 Å². The minimum atomic E-state index is -3.93. The van der Waals surface area contributed by atoms with Crippen LogP contribution in [0.15, 0.2) is 65.6 Å². The number of benzene rings is 3. The van der Waals surface area contributed by atoms with Gasteiger partial charge in [0, 0.05) is 11.1 Å². The number of nitrogens with zero attached hydrogens (tertiary/aromatic N) is 1. The summed E-state index contributed by atoms with van der Waals surface area (Å²) in [4.78, 5) is 0.151. The van der Waals surface area contributed by atoms with Gasteiger partial charge in [0.05, 0.1) is 10.6 Å². The molecule has 0 aliphatic carbocycles. The summed E-state index contributed by atoms with van der Waals surface area (Å²) in [5, 5.41) is 0.312. The largest absolute Gasteiger partial charge is 0.264 e. The predicted molar refractivity (Wildman–Crippen MR) is 119 cm³/mol. The highest BCUT2D eigenvalue weighted by atomic mass is 35.5. The zero-order valence-electron chi connectivity index (χ0n) is 17.0. The first-order valence-electron chi connectivity index (χ1n) is 10.1. The van der Waals surface area contributed by atoms with Crippen LogP contribution in [0.25, 0.3) is 0 Å². The van der Waals surface area contributed by atoms with Gasteiger partial charge in [-0.15, -0.1) is 0 Å². The number of anilines is 1. The molecule has 7 heteroatoms. The molecule has 31 heavy (non-hydrogen) atoms. The summed E-state index contributed by atoms with van der Waals surface area (Å²) in [7, 11) is -3.93. The fourth-order valence-corrected chi connectivity index (χ4v) is 5.95. The van der Waals surface area contributed by atoms with Gasteiger partial charge in [0.25, 0.3) is 10.0 Å². The lowest BCUT2D eigenvalue weighted by Crippen LogP contribution is -2.44. The highest BCUT2D eigenvalue weighted by Crippen LogP contribution is 2.37. The zero-order chi connectivity index (χ0) is 22.2. The third-order valence-electron chi connectivity index (χ3n) is 5.70. The van der Waals surface area contributed by atoms with Crippen LogP contribution >= 0.6 is 11.6 Å². The van der Waals surface area contributed by atoms with Crippen molar-refractivity contribution in [2.24, 2.45) is 0 Å². The lowest BCUT2D eigenvalue weighted by Gasteiger charge is -2.38. The molecule has 3 nitrogen and oxygen atoms in total. The summed E-state index contributed by atoms with van der Waals surface area (Å²) in [6.07, 6.45) is 1.94. The molecule has 3 aromatic rings. The highest BCUT2D eigenvalue weighted by molar-refractivity contribution is 7.92. The van der Waals surface area contributed by atoms with Crippen molar-refractivity contribution in [3.05, 3.63) is 94.0 Å². The molecule has 1 heterocycles. The van der Waals surface area contributed by atoms with Crippen molar-refractivity contribution in [3.8, 4) is 0 Å². The van der Waals surface area contributed by atoms with Crippen LogP contribution in [0.5, 0.6) is 0 Å². The summed E-state index contributed by atoms with van der Waals surface area (Å²) in [6.45, 7) is 1.88. The van der Waals surface area contributed by atoms with E-state index in [1.165, 1.54) is 22.5 Å². The predicted octanol–water partition coefficient (Wildman–Crippen LogP) is 6.07. The second-order valence-electron chi connectivity index (χ2n) is 7.85. The van der Waals surface area contributed by atoms with Crippen LogP contribution in [0.1, 0.15) is 29.5 Å². The standard InChI is InChI=1S/C24H22ClF2NO2S/c1-16-2-12-22(13-3-16)31(29,30)28-21(10-6-17-4-8-19(25)14-23(17)27)11-7-18-5-9-20(26)15-24(18)28/h2-5,8-9,12-15,21H,6-7,10-11H2,1H3/t21-/m1/s1. The topological polar surface area (TPSA) is 37.4 Å². The van der Waals surface area contributed by atoms with Crippen molar-refractivity contribution in [2.45, 2.75) is 43.5 Å². The van der Waals surface area contributed by atoms with Crippen molar-refractivity contribution in [1.29, 1.82) is 0 Å². The van der Waals surface area contributed by atoms with Gasteiger partial charge in [0.1, 0.15) is 11.6 Å². The Bertz CT molecular complexity index is 1210. The molecular weight excluding hydrogens is 440 g/mol. The van der Waals surface area contributed by atoms with Gasteiger partial charge in [-0.05, 0) is 80.1 Å². The Hall–Kier alpha value is -2.44. The Balaban J connectivity index is 1.72. The maximum Gasteiger partial charge on any atom is 0.264 e. The number of hydrogen-bond donors (Lipinski definition) is 0. The first-order chi connectivity index (χ1) is 14.8. The quantitative estimate of drug-likeness (QED) is 0.462. The Morgan fingerprint density at radius 2 is 1.77 bits per heavy atom. The summed E-state index contributed by atoms with van der Waals surface area (Å²) < 4.78 is 56.9. The fourth-order valence-electron chi connectivity index (χ4n) is 4.05. The molecule has 0 radical (unpaired) electrons. The highest BCUT2D eigenvalue weighted by Gasteiger charge is 2.36. The summed E-state index contributed by atoms with van der Waals surface area (Å²) in [5.74, 6) is -0.907. The molecule has 0 unspecified atom stereocenters. The van der Waals surface area contributed by atoms with Crippen LogP contribution < -0.4 is 4.31 Å². The van der Waals surface area contributed by atoms with Gasteiger partial charge in [-0.25, -0.2) is 17.2 Å². The molecule has 1 aliphatic rings. The molecule has 162 valence electrons. The number of hydrogen-bond acceptors (Lipinski definition) is 2. The number of sulfonamides is 1. The fraction of sp³-hybridized carbons (Fsp3) is 0.250. The van der Waals surface area contributed by atoms with E-state index in [0.717, 1.165) is 11.1 Å². The monoisotopic (exact) mass is 461 g/mol. The van der Waals surface area contributed by atoms with Gasteiger partial charge in [-0.3, -0.25) is 4.31 Å². The molecule has 0 aromatic heterocycles. The molecule has 0 fully saturated rings. The first kappa shape index (κ1) is 21.8. The molecule has 0 N–H and O–H groups in total. The Labute approximate surface area is 186 Å². The van der Waals surface area contributed by atoms with Crippen LogP contribution in [0.2, 0.25) is 5.02 Å². The molecule has 0 amide bonds. The average molecular weight is 462 g/mol. The smallest absolute Gasteiger partial charge is 0.263 e. The molecule has 0 spiro atoms. The Kier molecular flexibility index (Phi) is 6.04. The lowest BCUT2D eigenvalue weighted by atomic mass is 9.94. The second-order valence-corrected chi connectivity index (χ2v) is 10.1. The molecular formula is C24H22ClF2NO2S. The minimum Gasteiger partial charge on any atom is -0.263 e. The maximum atomic E-state index is 14.3. The van der Waals surface area contributed by atoms with E-state index in [9.17, 15) is 17.2 Å². The molecule has 1 atom stereocenters. The Morgan fingerprint density at radius 1 is 1.03 bits per heavy atom. The molecule has 3 aromatic carbocycles. The first-order valence-corrected chi connectivity index (χ1v) is 11.9. The van der Waals surface area contributed by atoms with Gasteiger partial charge >= 0.3 is 0 Å². The molecule has 4 rings (SSSR count). The number of rotatable bonds is 5. The van der Waals surface area contributed by atoms with Crippen molar-refractivity contribution >= 4 is 27.3 Å². The van der Waals surface area contributed by atoms with E-state index in [0.29, 0.717) is 42.0 Å². The summed E-state index contributed by atoms with van der Waals surface area (Å²) in [5.41, 5.74) is 2.56. The zero-order valence-corrected chi connectivity index (χ0v) is 18.6. The third kappa shape index (κ3) is 4.46.